The fourth-order valence-electron chi connectivity index (χ4n) is 3.57. The van der Waals surface area contributed by atoms with Crippen molar-refractivity contribution in [1.29, 1.82) is 0 Å². The largest absolute Gasteiger partial charge is 0.383 e. The Labute approximate surface area is 180 Å². The minimum absolute atomic E-state index is 0.179. The number of nitrogens with zero attached hydrogens (tertiary/aromatic N) is 3. The molecule has 3 aromatic rings. The standard InChI is InChI=1S/C22H28ClN5O2/c1-4-5-11-27(13-16-17(23)9-8-15-7-6-10-25-18(15)16)19-20(24)28(12-14(2)3)22(30)26-21(19)29/h6-10,14H,4-5,11-13,24H2,1-3H3,(H,26,29,30). The van der Waals surface area contributed by atoms with Crippen molar-refractivity contribution in [2.75, 3.05) is 17.2 Å². The van der Waals surface area contributed by atoms with E-state index in [4.69, 9.17) is 17.3 Å². The molecule has 0 atom stereocenters. The highest BCUT2D eigenvalue weighted by molar-refractivity contribution is 6.32. The summed E-state index contributed by atoms with van der Waals surface area (Å²) in [6.07, 6.45) is 3.53. The Bertz CT molecular complexity index is 1150. The molecule has 0 amide bonds. The summed E-state index contributed by atoms with van der Waals surface area (Å²) in [5.41, 5.74) is 7.30. The van der Waals surface area contributed by atoms with Crippen molar-refractivity contribution >= 4 is 34.0 Å². The maximum atomic E-state index is 12.8. The molecule has 0 aliphatic heterocycles. The molecule has 0 saturated heterocycles. The number of hydrogen-bond acceptors (Lipinski definition) is 5. The number of fused-ring (bicyclic) bond motifs is 1. The van der Waals surface area contributed by atoms with Gasteiger partial charge in [-0.05, 0) is 24.5 Å². The van der Waals surface area contributed by atoms with Crippen LogP contribution < -0.4 is 21.9 Å². The highest BCUT2D eigenvalue weighted by Crippen LogP contribution is 2.28. The van der Waals surface area contributed by atoms with Crippen LogP contribution in [0.2, 0.25) is 5.02 Å². The zero-order valence-corrected chi connectivity index (χ0v) is 18.4. The Morgan fingerprint density at radius 3 is 2.73 bits per heavy atom. The highest BCUT2D eigenvalue weighted by atomic mass is 35.5. The first-order chi connectivity index (χ1) is 14.3. The summed E-state index contributed by atoms with van der Waals surface area (Å²) in [7, 11) is 0. The van der Waals surface area contributed by atoms with Gasteiger partial charge in [-0.2, -0.15) is 0 Å². The number of aromatic amines is 1. The second-order valence-electron chi connectivity index (χ2n) is 7.87. The van der Waals surface area contributed by atoms with Crippen LogP contribution in [-0.2, 0) is 13.1 Å². The second kappa shape index (κ2) is 9.34. The fraction of sp³-hybridized carbons (Fsp3) is 0.409. The van der Waals surface area contributed by atoms with Gasteiger partial charge >= 0.3 is 5.69 Å². The molecule has 2 heterocycles. The summed E-state index contributed by atoms with van der Waals surface area (Å²) in [6.45, 7) is 7.45. The molecule has 0 spiro atoms. The number of halogens is 1. The van der Waals surface area contributed by atoms with Crippen molar-refractivity contribution in [3.05, 3.63) is 61.9 Å². The fourth-order valence-corrected chi connectivity index (χ4v) is 3.78. The molecule has 0 fully saturated rings. The molecule has 0 bridgehead atoms. The number of anilines is 2. The van der Waals surface area contributed by atoms with E-state index in [1.54, 1.807) is 6.20 Å². The topological polar surface area (TPSA) is 97.0 Å². The number of aromatic nitrogens is 3. The van der Waals surface area contributed by atoms with Gasteiger partial charge in [-0.1, -0.05) is 50.9 Å². The van der Waals surface area contributed by atoms with E-state index in [1.807, 2.05) is 43.0 Å². The van der Waals surface area contributed by atoms with E-state index in [2.05, 4.69) is 16.9 Å². The first-order valence-electron chi connectivity index (χ1n) is 10.2. The zero-order chi connectivity index (χ0) is 21.8. The van der Waals surface area contributed by atoms with Crippen molar-refractivity contribution in [3.8, 4) is 0 Å². The third-order valence-electron chi connectivity index (χ3n) is 5.03. The summed E-state index contributed by atoms with van der Waals surface area (Å²) in [5.74, 6) is 0.377. The Balaban J connectivity index is 2.14. The molecule has 160 valence electrons. The molecule has 2 aromatic heterocycles. The van der Waals surface area contributed by atoms with E-state index in [-0.39, 0.29) is 11.7 Å². The van der Waals surface area contributed by atoms with Crippen LogP contribution in [-0.4, -0.2) is 21.1 Å². The summed E-state index contributed by atoms with van der Waals surface area (Å²) in [6, 6.07) is 7.61. The molecule has 30 heavy (non-hydrogen) atoms. The average Bonchev–Trinajstić information content (AvgIpc) is 2.70. The lowest BCUT2D eigenvalue weighted by atomic mass is 10.1. The van der Waals surface area contributed by atoms with Crippen LogP contribution in [0.15, 0.2) is 40.1 Å². The maximum absolute atomic E-state index is 12.8. The van der Waals surface area contributed by atoms with Gasteiger partial charge in [0.2, 0.25) is 0 Å². The molecule has 3 N–H and O–H groups in total. The second-order valence-corrected chi connectivity index (χ2v) is 8.28. The number of benzene rings is 1. The van der Waals surface area contributed by atoms with Crippen molar-refractivity contribution < 1.29 is 0 Å². The molecule has 1 aromatic carbocycles. The molecule has 0 aliphatic carbocycles. The van der Waals surface area contributed by atoms with Crippen molar-refractivity contribution in [3.63, 3.8) is 0 Å². The lowest BCUT2D eigenvalue weighted by molar-refractivity contribution is 0.506. The SMILES string of the molecule is CCCCN(Cc1c(Cl)ccc2cccnc12)c1c(N)n(CC(C)C)c(=O)[nH]c1=O. The molecule has 0 saturated carbocycles. The van der Waals surface area contributed by atoms with Gasteiger partial charge in [-0.3, -0.25) is 19.3 Å². The van der Waals surface area contributed by atoms with Crippen LogP contribution in [0.1, 0.15) is 39.2 Å². The molecule has 8 heteroatoms. The van der Waals surface area contributed by atoms with Crippen LogP contribution in [0, 0.1) is 5.92 Å². The Hall–Kier alpha value is -2.80. The van der Waals surface area contributed by atoms with Gasteiger partial charge in [0.15, 0.2) is 0 Å². The molecular weight excluding hydrogens is 402 g/mol. The van der Waals surface area contributed by atoms with Crippen LogP contribution in [0.5, 0.6) is 0 Å². The minimum atomic E-state index is -0.491. The molecule has 7 nitrogen and oxygen atoms in total. The van der Waals surface area contributed by atoms with E-state index in [0.29, 0.717) is 30.3 Å². The van der Waals surface area contributed by atoms with E-state index in [9.17, 15) is 9.59 Å². The quantitative estimate of drug-likeness (QED) is 0.567. The Morgan fingerprint density at radius 1 is 1.27 bits per heavy atom. The molecule has 0 unspecified atom stereocenters. The van der Waals surface area contributed by atoms with Gasteiger partial charge in [0.25, 0.3) is 5.56 Å². The summed E-state index contributed by atoms with van der Waals surface area (Å²) in [4.78, 5) is 34.0. The number of H-pyrrole nitrogens is 1. The summed E-state index contributed by atoms with van der Waals surface area (Å²) >= 11 is 6.53. The number of unbranched alkanes of at least 4 members (excludes halogenated alkanes) is 1. The predicted molar refractivity (Wildman–Crippen MR) is 123 cm³/mol. The normalized spacial score (nSPS) is 11.4. The molecule has 3 rings (SSSR count). The van der Waals surface area contributed by atoms with Gasteiger partial charge in [0.05, 0.1) is 5.52 Å². The molecule has 0 radical (unpaired) electrons. The van der Waals surface area contributed by atoms with Gasteiger partial charge in [0.1, 0.15) is 11.5 Å². The first-order valence-corrected chi connectivity index (χ1v) is 10.6. The number of nitrogens with two attached hydrogens (primary N) is 1. The van der Waals surface area contributed by atoms with Crippen LogP contribution in [0.4, 0.5) is 11.5 Å². The minimum Gasteiger partial charge on any atom is -0.383 e. The van der Waals surface area contributed by atoms with E-state index in [0.717, 1.165) is 29.3 Å². The average molecular weight is 430 g/mol. The van der Waals surface area contributed by atoms with Crippen molar-refractivity contribution in [1.82, 2.24) is 14.5 Å². The monoisotopic (exact) mass is 429 g/mol. The predicted octanol–water partition coefficient (Wildman–Crippen LogP) is 3.78. The van der Waals surface area contributed by atoms with E-state index in [1.165, 1.54) is 4.57 Å². The van der Waals surface area contributed by atoms with Crippen LogP contribution in [0.25, 0.3) is 10.9 Å². The van der Waals surface area contributed by atoms with Crippen LogP contribution >= 0.6 is 11.6 Å². The maximum Gasteiger partial charge on any atom is 0.330 e. The zero-order valence-electron chi connectivity index (χ0n) is 17.6. The highest BCUT2D eigenvalue weighted by Gasteiger charge is 2.21. The summed E-state index contributed by atoms with van der Waals surface area (Å²) < 4.78 is 1.43. The van der Waals surface area contributed by atoms with Crippen LogP contribution in [0.3, 0.4) is 0 Å². The first kappa shape index (κ1) is 21.9. The van der Waals surface area contributed by atoms with Gasteiger partial charge in [-0.25, -0.2) is 4.79 Å². The number of pyridine rings is 1. The Kier molecular flexibility index (Phi) is 6.82. The van der Waals surface area contributed by atoms with E-state index >= 15 is 0 Å². The molecular formula is C22H28ClN5O2. The molecule has 0 aliphatic rings. The van der Waals surface area contributed by atoms with Gasteiger partial charge < -0.3 is 10.6 Å². The lowest BCUT2D eigenvalue weighted by Crippen LogP contribution is -2.39. The third kappa shape index (κ3) is 4.51. The van der Waals surface area contributed by atoms with Crippen molar-refractivity contribution in [2.45, 2.75) is 46.7 Å². The number of rotatable bonds is 8. The summed E-state index contributed by atoms with van der Waals surface area (Å²) in [5, 5.41) is 1.55. The smallest absolute Gasteiger partial charge is 0.330 e. The van der Waals surface area contributed by atoms with Gasteiger partial charge in [-0.15, -0.1) is 0 Å². The number of nitrogen functional groups attached to an aromatic ring is 1. The number of nitrogens with one attached hydrogen (secondary N) is 1. The third-order valence-corrected chi connectivity index (χ3v) is 5.39. The van der Waals surface area contributed by atoms with Gasteiger partial charge in [0, 0.05) is 41.8 Å². The van der Waals surface area contributed by atoms with Crippen molar-refractivity contribution in [2.24, 2.45) is 5.92 Å². The lowest BCUT2D eigenvalue weighted by Gasteiger charge is -2.27. The Morgan fingerprint density at radius 2 is 2.03 bits per heavy atom. The number of hydrogen-bond donors (Lipinski definition) is 2. The van der Waals surface area contributed by atoms with E-state index < -0.39 is 11.2 Å².